The van der Waals surface area contributed by atoms with Crippen LogP contribution in [0.4, 0.5) is 0 Å². The molecule has 0 heterocycles. The van der Waals surface area contributed by atoms with Gasteiger partial charge in [-0.1, -0.05) is 0 Å². The highest BCUT2D eigenvalue weighted by Crippen LogP contribution is 1.86. The van der Waals surface area contributed by atoms with Crippen molar-refractivity contribution in [3.63, 3.8) is 0 Å². The van der Waals surface area contributed by atoms with E-state index in [2.05, 4.69) is 5.32 Å². The lowest BCUT2D eigenvalue weighted by Crippen LogP contribution is -2.24. The minimum atomic E-state index is -0.758. The van der Waals surface area contributed by atoms with Crippen molar-refractivity contribution in [3.8, 4) is 0 Å². The monoisotopic (exact) mass is 163 g/mol. The van der Waals surface area contributed by atoms with Gasteiger partial charge in [-0.25, -0.2) is 0 Å². The van der Waals surface area contributed by atoms with Gasteiger partial charge in [0.05, 0.1) is 6.42 Å². The molecule has 3 N–H and O–H groups in total. The standard InChI is InChI=1S/C5H11NO2.CH2O2/c1-4(6-2)3-5(7)8;2-1-3/h4,6H,3H2,1-2H3,(H,7,8);1H,(H,2,3). The number of nitrogens with one attached hydrogen (secondary N) is 1. The molecule has 5 heteroatoms. The van der Waals surface area contributed by atoms with Gasteiger partial charge in [0.15, 0.2) is 0 Å². The largest absolute Gasteiger partial charge is 0.483 e. The van der Waals surface area contributed by atoms with Gasteiger partial charge in [-0.15, -0.1) is 0 Å². The first-order chi connectivity index (χ1) is 5.08. The maximum atomic E-state index is 9.93. The summed E-state index contributed by atoms with van der Waals surface area (Å²) in [7, 11) is 1.74. The van der Waals surface area contributed by atoms with Gasteiger partial charge in [0, 0.05) is 6.04 Å². The summed E-state index contributed by atoms with van der Waals surface area (Å²) in [5, 5.41) is 17.9. The van der Waals surface area contributed by atoms with Crippen molar-refractivity contribution in [3.05, 3.63) is 0 Å². The molecule has 1 atom stereocenters. The van der Waals surface area contributed by atoms with Crippen LogP contribution in [0.25, 0.3) is 0 Å². The summed E-state index contributed by atoms with van der Waals surface area (Å²) >= 11 is 0. The lowest BCUT2D eigenvalue weighted by atomic mass is 10.2. The maximum Gasteiger partial charge on any atom is 0.304 e. The van der Waals surface area contributed by atoms with Gasteiger partial charge in [0.25, 0.3) is 6.47 Å². The molecule has 0 saturated carbocycles. The van der Waals surface area contributed by atoms with Crippen molar-refractivity contribution in [1.82, 2.24) is 5.32 Å². The highest BCUT2D eigenvalue weighted by molar-refractivity contribution is 5.67. The van der Waals surface area contributed by atoms with Gasteiger partial charge in [-0.3, -0.25) is 9.59 Å². The van der Waals surface area contributed by atoms with E-state index in [1.807, 2.05) is 6.92 Å². The van der Waals surface area contributed by atoms with Crippen molar-refractivity contribution in [2.75, 3.05) is 7.05 Å². The normalized spacial score (nSPS) is 10.7. The predicted octanol–water partition coefficient (Wildman–Crippen LogP) is -0.230. The average molecular weight is 163 g/mol. The fourth-order valence-corrected chi connectivity index (χ4v) is 0.364. The average Bonchev–Trinajstić information content (AvgIpc) is 1.88. The lowest BCUT2D eigenvalue weighted by Gasteiger charge is -2.03. The molecule has 66 valence electrons. The van der Waals surface area contributed by atoms with E-state index in [-0.39, 0.29) is 18.9 Å². The minimum absolute atomic E-state index is 0.0764. The van der Waals surface area contributed by atoms with Crippen LogP contribution in [0.5, 0.6) is 0 Å². The van der Waals surface area contributed by atoms with E-state index in [1.165, 1.54) is 0 Å². The Morgan fingerprint density at radius 1 is 1.73 bits per heavy atom. The zero-order chi connectivity index (χ0) is 9.28. The molecule has 0 amide bonds. The molecule has 0 saturated heterocycles. The molecule has 0 aliphatic rings. The van der Waals surface area contributed by atoms with Crippen LogP contribution in [-0.2, 0) is 9.59 Å². The molecule has 5 nitrogen and oxygen atoms in total. The highest BCUT2D eigenvalue weighted by atomic mass is 16.4. The Balaban J connectivity index is 0. The quantitative estimate of drug-likeness (QED) is 0.500. The molecule has 0 aromatic rings. The molecule has 0 aliphatic carbocycles. The number of hydrogen-bond acceptors (Lipinski definition) is 3. The second-order valence-corrected chi connectivity index (χ2v) is 1.89. The summed E-state index contributed by atoms with van der Waals surface area (Å²) < 4.78 is 0. The van der Waals surface area contributed by atoms with Crippen LogP contribution in [0.3, 0.4) is 0 Å². The first kappa shape index (κ1) is 12.6. The van der Waals surface area contributed by atoms with E-state index in [1.54, 1.807) is 7.05 Å². The fourth-order valence-electron chi connectivity index (χ4n) is 0.364. The third-order valence-corrected chi connectivity index (χ3v) is 0.974. The summed E-state index contributed by atoms with van der Waals surface area (Å²) in [6, 6.07) is 0.0764. The third kappa shape index (κ3) is 17.6. The van der Waals surface area contributed by atoms with E-state index < -0.39 is 5.97 Å². The molecular weight excluding hydrogens is 150 g/mol. The maximum absolute atomic E-state index is 9.93. The Bertz CT molecular complexity index is 115. The third-order valence-electron chi connectivity index (χ3n) is 0.974. The molecule has 0 fully saturated rings. The van der Waals surface area contributed by atoms with Gasteiger partial charge < -0.3 is 15.5 Å². The van der Waals surface area contributed by atoms with Gasteiger partial charge in [-0.05, 0) is 14.0 Å². The molecule has 1 unspecified atom stereocenters. The zero-order valence-electron chi connectivity index (χ0n) is 6.57. The van der Waals surface area contributed by atoms with Crippen LogP contribution in [0.15, 0.2) is 0 Å². The van der Waals surface area contributed by atoms with Gasteiger partial charge in [-0.2, -0.15) is 0 Å². The molecule has 0 aromatic heterocycles. The van der Waals surface area contributed by atoms with Gasteiger partial charge in [0.2, 0.25) is 0 Å². The van der Waals surface area contributed by atoms with Crippen LogP contribution in [-0.4, -0.2) is 35.7 Å². The van der Waals surface area contributed by atoms with Crippen LogP contribution < -0.4 is 5.32 Å². The number of carboxylic acid groups (broad SMARTS) is 2. The molecule has 0 radical (unpaired) electrons. The van der Waals surface area contributed by atoms with Crippen LogP contribution in [0.2, 0.25) is 0 Å². The Kier molecular flexibility index (Phi) is 10.2. The Labute approximate surface area is 65.0 Å². The van der Waals surface area contributed by atoms with E-state index in [0.29, 0.717) is 0 Å². The van der Waals surface area contributed by atoms with Crippen molar-refractivity contribution in [2.24, 2.45) is 0 Å². The Morgan fingerprint density at radius 3 is 2.18 bits per heavy atom. The van der Waals surface area contributed by atoms with Crippen molar-refractivity contribution < 1.29 is 19.8 Å². The topological polar surface area (TPSA) is 86.6 Å². The first-order valence-electron chi connectivity index (χ1n) is 3.05. The van der Waals surface area contributed by atoms with E-state index in [0.717, 1.165) is 0 Å². The van der Waals surface area contributed by atoms with Crippen LogP contribution in [0.1, 0.15) is 13.3 Å². The minimum Gasteiger partial charge on any atom is -0.483 e. The summed E-state index contributed by atoms with van der Waals surface area (Å²) in [6.07, 6.45) is 0.191. The first-order valence-corrected chi connectivity index (χ1v) is 3.05. The molecular formula is C6H13NO4. The van der Waals surface area contributed by atoms with Gasteiger partial charge >= 0.3 is 5.97 Å². The lowest BCUT2D eigenvalue weighted by molar-refractivity contribution is -0.137. The van der Waals surface area contributed by atoms with Crippen molar-refractivity contribution >= 4 is 12.4 Å². The smallest absolute Gasteiger partial charge is 0.304 e. The van der Waals surface area contributed by atoms with E-state index in [4.69, 9.17) is 15.0 Å². The molecule has 0 spiro atoms. The Morgan fingerprint density at radius 2 is 2.09 bits per heavy atom. The van der Waals surface area contributed by atoms with Gasteiger partial charge in [0.1, 0.15) is 0 Å². The predicted molar refractivity (Wildman–Crippen MR) is 39.5 cm³/mol. The summed E-state index contributed by atoms with van der Waals surface area (Å²) in [4.78, 5) is 18.3. The molecule has 11 heavy (non-hydrogen) atoms. The molecule has 0 bridgehead atoms. The number of hydrogen-bond donors (Lipinski definition) is 3. The summed E-state index contributed by atoms with van der Waals surface area (Å²) in [5.74, 6) is -0.758. The Hall–Kier alpha value is -1.10. The number of carboxylic acids is 1. The summed E-state index contributed by atoms with van der Waals surface area (Å²) in [6.45, 7) is 1.58. The second-order valence-electron chi connectivity index (χ2n) is 1.89. The van der Waals surface area contributed by atoms with Crippen molar-refractivity contribution in [1.29, 1.82) is 0 Å². The van der Waals surface area contributed by atoms with Crippen LogP contribution >= 0.6 is 0 Å². The second kappa shape index (κ2) is 8.90. The summed E-state index contributed by atoms with van der Waals surface area (Å²) in [5.41, 5.74) is 0. The fraction of sp³-hybridized carbons (Fsp3) is 0.667. The highest BCUT2D eigenvalue weighted by Gasteiger charge is 2.02. The zero-order valence-corrected chi connectivity index (χ0v) is 6.57. The number of rotatable bonds is 3. The van der Waals surface area contributed by atoms with E-state index >= 15 is 0 Å². The van der Waals surface area contributed by atoms with Crippen LogP contribution in [0, 0.1) is 0 Å². The molecule has 0 rings (SSSR count). The van der Waals surface area contributed by atoms with Crippen molar-refractivity contribution in [2.45, 2.75) is 19.4 Å². The molecule has 0 aromatic carbocycles. The molecule has 0 aliphatic heterocycles. The number of carbonyl (C=O) groups is 2. The van der Waals surface area contributed by atoms with E-state index in [9.17, 15) is 4.79 Å². The SMILES string of the molecule is CNC(C)CC(=O)O.O=CO. The number of aliphatic carboxylic acids is 1.